The van der Waals surface area contributed by atoms with Crippen molar-refractivity contribution >= 4 is 5.71 Å². The summed E-state index contributed by atoms with van der Waals surface area (Å²) >= 11 is 0. The maximum Gasteiger partial charge on any atom is 0.238 e. The zero-order valence-corrected chi connectivity index (χ0v) is 8.68. The topological polar surface area (TPSA) is 33.1 Å². The van der Waals surface area contributed by atoms with E-state index in [-0.39, 0.29) is 23.4 Å². The highest BCUT2D eigenvalue weighted by Gasteiger charge is 2.14. The molecule has 1 unspecified atom stereocenters. The summed E-state index contributed by atoms with van der Waals surface area (Å²) in [7, 11) is 0. The van der Waals surface area contributed by atoms with Crippen molar-refractivity contribution < 1.29 is 13.5 Å². The van der Waals surface area contributed by atoms with E-state index in [2.05, 4.69) is 0 Å². The number of nitrogens with one attached hydrogen (secondary N) is 1. The largest absolute Gasteiger partial charge is 0.460 e. The highest BCUT2D eigenvalue weighted by Crippen LogP contribution is 2.23. The van der Waals surface area contributed by atoms with E-state index in [4.69, 9.17) is 10.1 Å². The summed E-state index contributed by atoms with van der Waals surface area (Å²) < 4.78 is 31.2. The van der Waals surface area contributed by atoms with Crippen LogP contribution in [0, 0.1) is 11.2 Å². The lowest BCUT2D eigenvalue weighted by Gasteiger charge is -2.13. The van der Waals surface area contributed by atoms with E-state index < -0.39 is 12.2 Å². The van der Waals surface area contributed by atoms with Crippen molar-refractivity contribution in [2.45, 2.75) is 26.6 Å². The van der Waals surface area contributed by atoms with Crippen LogP contribution in [-0.2, 0) is 0 Å². The maximum absolute atomic E-state index is 13.3. The van der Waals surface area contributed by atoms with E-state index in [0.717, 1.165) is 0 Å². The van der Waals surface area contributed by atoms with Crippen LogP contribution in [0.25, 0.3) is 0 Å². The van der Waals surface area contributed by atoms with Crippen LogP contribution >= 0.6 is 0 Å². The van der Waals surface area contributed by atoms with Crippen LogP contribution in [0.2, 0.25) is 0 Å². The SMILES string of the molecule is CCC(F)Oc1cccc(F)c1C(C)=N. The molecular weight excluding hydrogens is 200 g/mol. The zero-order valence-electron chi connectivity index (χ0n) is 8.68. The lowest BCUT2D eigenvalue weighted by Crippen LogP contribution is -2.11. The van der Waals surface area contributed by atoms with Crippen LogP contribution in [0.15, 0.2) is 18.2 Å². The van der Waals surface area contributed by atoms with Crippen molar-refractivity contribution in [1.29, 1.82) is 5.41 Å². The molecule has 2 nitrogen and oxygen atoms in total. The normalized spacial score (nSPS) is 12.3. The number of ether oxygens (including phenoxy) is 1. The minimum atomic E-state index is -1.47. The molecule has 1 rings (SSSR count). The number of benzene rings is 1. The Morgan fingerprint density at radius 3 is 2.73 bits per heavy atom. The van der Waals surface area contributed by atoms with Gasteiger partial charge < -0.3 is 10.1 Å². The first-order valence-electron chi connectivity index (χ1n) is 4.71. The van der Waals surface area contributed by atoms with Gasteiger partial charge in [0.05, 0.1) is 5.56 Å². The molecule has 0 aliphatic carbocycles. The van der Waals surface area contributed by atoms with E-state index in [1.807, 2.05) is 0 Å². The van der Waals surface area contributed by atoms with E-state index in [1.54, 1.807) is 6.92 Å². The first kappa shape index (κ1) is 11.6. The molecule has 1 atom stereocenters. The smallest absolute Gasteiger partial charge is 0.238 e. The fourth-order valence-electron chi connectivity index (χ4n) is 1.19. The molecule has 15 heavy (non-hydrogen) atoms. The van der Waals surface area contributed by atoms with Gasteiger partial charge in [-0.3, -0.25) is 0 Å². The summed E-state index contributed by atoms with van der Waals surface area (Å²) in [5, 5.41) is 7.38. The summed E-state index contributed by atoms with van der Waals surface area (Å²) in [4.78, 5) is 0. The molecule has 0 bridgehead atoms. The Hall–Kier alpha value is -1.45. The Morgan fingerprint density at radius 2 is 2.20 bits per heavy atom. The van der Waals surface area contributed by atoms with Gasteiger partial charge in [0.2, 0.25) is 6.36 Å². The van der Waals surface area contributed by atoms with E-state index in [1.165, 1.54) is 25.1 Å². The lowest BCUT2D eigenvalue weighted by molar-refractivity contribution is 0.0637. The molecule has 0 aliphatic rings. The van der Waals surface area contributed by atoms with Gasteiger partial charge in [-0.15, -0.1) is 0 Å². The van der Waals surface area contributed by atoms with Crippen LogP contribution in [0.4, 0.5) is 8.78 Å². The summed E-state index contributed by atoms with van der Waals surface area (Å²) in [5.74, 6) is -0.486. The van der Waals surface area contributed by atoms with Gasteiger partial charge in [-0.2, -0.15) is 0 Å². The second-order valence-electron chi connectivity index (χ2n) is 3.17. The molecule has 0 heterocycles. The average molecular weight is 213 g/mol. The predicted molar refractivity (Wildman–Crippen MR) is 54.7 cm³/mol. The second kappa shape index (κ2) is 4.87. The Balaban J connectivity index is 3.06. The number of hydrogen-bond donors (Lipinski definition) is 1. The Bertz CT molecular complexity index is 366. The van der Waals surface area contributed by atoms with Crippen LogP contribution in [0.1, 0.15) is 25.8 Å². The van der Waals surface area contributed by atoms with Crippen LogP contribution in [-0.4, -0.2) is 12.1 Å². The van der Waals surface area contributed by atoms with Crippen LogP contribution in [0.5, 0.6) is 5.75 Å². The zero-order chi connectivity index (χ0) is 11.4. The molecule has 1 aromatic carbocycles. The molecule has 0 spiro atoms. The average Bonchev–Trinajstić information content (AvgIpc) is 2.17. The third kappa shape index (κ3) is 2.75. The van der Waals surface area contributed by atoms with Gasteiger partial charge in [0.1, 0.15) is 11.6 Å². The molecule has 0 fully saturated rings. The Labute approximate surface area is 87.4 Å². The number of hydrogen-bond acceptors (Lipinski definition) is 2. The number of rotatable bonds is 4. The van der Waals surface area contributed by atoms with Crippen molar-refractivity contribution in [2.75, 3.05) is 0 Å². The highest BCUT2D eigenvalue weighted by atomic mass is 19.1. The van der Waals surface area contributed by atoms with E-state index in [9.17, 15) is 8.78 Å². The molecule has 0 amide bonds. The van der Waals surface area contributed by atoms with Gasteiger partial charge in [-0.1, -0.05) is 13.0 Å². The molecule has 0 aliphatic heterocycles. The predicted octanol–water partition coefficient (Wildman–Crippen LogP) is 3.30. The van der Waals surface area contributed by atoms with Gasteiger partial charge >= 0.3 is 0 Å². The first-order valence-corrected chi connectivity index (χ1v) is 4.71. The van der Waals surface area contributed by atoms with Crippen molar-refractivity contribution in [3.63, 3.8) is 0 Å². The fraction of sp³-hybridized carbons (Fsp3) is 0.364. The van der Waals surface area contributed by atoms with Gasteiger partial charge in [-0.05, 0) is 19.1 Å². The van der Waals surface area contributed by atoms with E-state index in [0.29, 0.717) is 0 Å². The number of halogens is 2. The molecule has 4 heteroatoms. The summed E-state index contributed by atoms with van der Waals surface area (Å²) in [6.07, 6.45) is -1.28. The molecule has 1 N–H and O–H groups in total. The van der Waals surface area contributed by atoms with Crippen LogP contribution in [0.3, 0.4) is 0 Å². The standard InChI is InChI=1S/C11H13F2NO/c1-3-10(13)15-9-6-4-5-8(12)11(9)7(2)14/h4-6,10,14H,3H2,1-2H3. The van der Waals surface area contributed by atoms with Gasteiger partial charge in [0.15, 0.2) is 0 Å². The maximum atomic E-state index is 13.3. The van der Waals surface area contributed by atoms with Gasteiger partial charge in [0.25, 0.3) is 0 Å². The minimum Gasteiger partial charge on any atom is -0.460 e. The van der Waals surface area contributed by atoms with Crippen molar-refractivity contribution in [2.24, 2.45) is 0 Å². The van der Waals surface area contributed by atoms with Crippen LogP contribution < -0.4 is 4.74 Å². The molecular formula is C11H13F2NO. The quantitative estimate of drug-likeness (QED) is 0.765. The second-order valence-corrected chi connectivity index (χ2v) is 3.17. The fourth-order valence-corrected chi connectivity index (χ4v) is 1.19. The third-order valence-electron chi connectivity index (χ3n) is 1.93. The third-order valence-corrected chi connectivity index (χ3v) is 1.93. The van der Waals surface area contributed by atoms with Crippen molar-refractivity contribution in [3.8, 4) is 5.75 Å². The van der Waals surface area contributed by atoms with Crippen molar-refractivity contribution in [1.82, 2.24) is 0 Å². The van der Waals surface area contributed by atoms with E-state index >= 15 is 0 Å². The Kier molecular flexibility index (Phi) is 3.77. The summed E-state index contributed by atoms with van der Waals surface area (Å²) in [6, 6.07) is 4.11. The molecule has 0 saturated heterocycles. The minimum absolute atomic E-state index is 0.0198. The van der Waals surface area contributed by atoms with Gasteiger partial charge in [-0.25, -0.2) is 8.78 Å². The molecule has 0 radical (unpaired) electrons. The molecule has 82 valence electrons. The lowest BCUT2D eigenvalue weighted by atomic mass is 10.1. The Morgan fingerprint density at radius 1 is 1.53 bits per heavy atom. The molecule has 1 aromatic rings. The number of alkyl halides is 1. The molecule has 0 saturated carbocycles. The van der Waals surface area contributed by atoms with Gasteiger partial charge in [0, 0.05) is 12.1 Å². The highest BCUT2D eigenvalue weighted by molar-refractivity contribution is 5.99. The summed E-state index contributed by atoms with van der Waals surface area (Å²) in [5.41, 5.74) is 0.0417. The molecule has 0 aromatic heterocycles. The van der Waals surface area contributed by atoms with Crippen molar-refractivity contribution in [3.05, 3.63) is 29.6 Å². The summed E-state index contributed by atoms with van der Waals surface area (Å²) in [6.45, 7) is 3.06. The first-order chi connectivity index (χ1) is 7.06. The monoisotopic (exact) mass is 213 g/mol.